The number of carbonyl (C=O) groups is 2. The van der Waals surface area contributed by atoms with E-state index in [1.54, 1.807) is 42.5 Å². The largest absolute Gasteiger partial charge is 0.451 e. The molecule has 2 amide bonds. The maximum atomic E-state index is 12.8. The van der Waals surface area contributed by atoms with Gasteiger partial charge >= 0.3 is 0 Å². The van der Waals surface area contributed by atoms with E-state index in [0.29, 0.717) is 22.0 Å². The Labute approximate surface area is 136 Å². The lowest BCUT2D eigenvalue weighted by Gasteiger charge is -2.28. The van der Waals surface area contributed by atoms with Crippen LogP contribution in [0.4, 0.5) is 11.4 Å². The van der Waals surface area contributed by atoms with E-state index in [4.69, 9.17) is 16.0 Å². The lowest BCUT2D eigenvalue weighted by Crippen LogP contribution is -2.42. The summed E-state index contributed by atoms with van der Waals surface area (Å²) in [5, 5.41) is 4.06. The molecule has 4 rings (SSSR count). The van der Waals surface area contributed by atoms with Crippen LogP contribution in [0.5, 0.6) is 0 Å². The Morgan fingerprint density at radius 1 is 1.17 bits per heavy atom. The summed E-state index contributed by atoms with van der Waals surface area (Å²) in [5.41, 5.74) is 1.83. The molecule has 0 spiro atoms. The minimum absolute atomic E-state index is 0.0480. The van der Waals surface area contributed by atoms with Crippen molar-refractivity contribution in [3.05, 3.63) is 59.3 Å². The van der Waals surface area contributed by atoms with Crippen LogP contribution in [0, 0.1) is 0 Å². The first-order valence-electron chi connectivity index (χ1n) is 7.02. The van der Waals surface area contributed by atoms with Gasteiger partial charge in [0.15, 0.2) is 5.76 Å². The second-order valence-corrected chi connectivity index (χ2v) is 5.69. The van der Waals surface area contributed by atoms with Crippen molar-refractivity contribution < 1.29 is 14.0 Å². The number of amides is 2. The molecule has 2 heterocycles. The topological polar surface area (TPSA) is 62.6 Å². The van der Waals surface area contributed by atoms with Crippen LogP contribution in [-0.2, 0) is 4.79 Å². The van der Waals surface area contributed by atoms with Crippen molar-refractivity contribution in [2.75, 3.05) is 16.8 Å². The van der Waals surface area contributed by atoms with Gasteiger partial charge in [-0.05, 0) is 36.4 Å². The van der Waals surface area contributed by atoms with Crippen LogP contribution < -0.4 is 10.2 Å². The predicted octanol–water partition coefficient (Wildman–Crippen LogP) is 3.69. The first-order chi connectivity index (χ1) is 11.1. The second kappa shape index (κ2) is 5.14. The van der Waals surface area contributed by atoms with Crippen LogP contribution in [0.15, 0.2) is 52.9 Å². The van der Waals surface area contributed by atoms with Crippen LogP contribution in [0.2, 0.25) is 5.02 Å². The summed E-state index contributed by atoms with van der Waals surface area (Å²) >= 11 is 5.95. The highest BCUT2D eigenvalue weighted by Crippen LogP contribution is 2.31. The molecule has 0 saturated carbocycles. The smallest absolute Gasteiger partial charge is 0.294 e. The monoisotopic (exact) mass is 326 g/mol. The van der Waals surface area contributed by atoms with Gasteiger partial charge in [0.05, 0.1) is 11.4 Å². The Morgan fingerprint density at radius 2 is 2.00 bits per heavy atom. The van der Waals surface area contributed by atoms with E-state index in [1.807, 2.05) is 6.07 Å². The van der Waals surface area contributed by atoms with Crippen molar-refractivity contribution in [3.63, 3.8) is 0 Å². The Hall–Kier alpha value is -2.79. The summed E-state index contributed by atoms with van der Waals surface area (Å²) in [6.45, 7) is -0.0480. The number of fused-ring (bicyclic) bond motifs is 2. The van der Waals surface area contributed by atoms with Crippen molar-refractivity contribution in [1.82, 2.24) is 0 Å². The number of benzene rings is 2. The summed E-state index contributed by atoms with van der Waals surface area (Å²) < 4.78 is 5.61. The Kier molecular flexibility index (Phi) is 3.09. The first kappa shape index (κ1) is 13.8. The maximum absolute atomic E-state index is 12.8. The average molecular weight is 327 g/mol. The number of rotatable bonds is 1. The molecule has 0 fully saturated rings. The summed E-state index contributed by atoms with van der Waals surface area (Å²) in [5.74, 6) is -0.428. The zero-order chi connectivity index (χ0) is 16.0. The molecule has 0 aliphatic carbocycles. The van der Waals surface area contributed by atoms with Crippen LogP contribution in [0.1, 0.15) is 10.6 Å². The number of hydrogen-bond acceptors (Lipinski definition) is 3. The van der Waals surface area contributed by atoms with Crippen molar-refractivity contribution in [2.24, 2.45) is 0 Å². The number of anilines is 2. The van der Waals surface area contributed by atoms with E-state index in [-0.39, 0.29) is 24.1 Å². The number of carbonyl (C=O) groups excluding carboxylic acids is 2. The highest BCUT2D eigenvalue weighted by Gasteiger charge is 2.29. The molecule has 3 aromatic rings. The van der Waals surface area contributed by atoms with Gasteiger partial charge in [0.1, 0.15) is 12.1 Å². The van der Waals surface area contributed by atoms with Gasteiger partial charge in [-0.25, -0.2) is 0 Å². The third kappa shape index (κ3) is 2.35. The standard InChI is InChI=1S/C17H11ClN2O3/c18-11-5-6-14-10(7-11)8-15(23-14)17(22)20-9-16(21)19-12-3-1-2-4-13(12)20/h1-8H,9H2,(H,19,21). The molecule has 1 aliphatic heterocycles. The number of hydrogen-bond donors (Lipinski definition) is 1. The SMILES string of the molecule is O=C1CN(C(=O)c2cc3cc(Cl)ccc3o2)c2ccccc2N1. The molecule has 5 nitrogen and oxygen atoms in total. The Balaban J connectivity index is 1.77. The third-order valence-electron chi connectivity index (χ3n) is 3.70. The fourth-order valence-corrected chi connectivity index (χ4v) is 2.85. The first-order valence-corrected chi connectivity index (χ1v) is 7.39. The van der Waals surface area contributed by atoms with E-state index in [2.05, 4.69) is 5.32 Å². The number of halogens is 1. The molecule has 0 radical (unpaired) electrons. The molecule has 1 N–H and O–H groups in total. The van der Waals surface area contributed by atoms with Crippen molar-refractivity contribution in [1.29, 1.82) is 0 Å². The Morgan fingerprint density at radius 3 is 2.87 bits per heavy atom. The van der Waals surface area contributed by atoms with E-state index < -0.39 is 0 Å². The summed E-state index contributed by atoms with van der Waals surface area (Å²) in [7, 11) is 0. The lowest BCUT2D eigenvalue weighted by molar-refractivity contribution is -0.115. The van der Waals surface area contributed by atoms with Gasteiger partial charge in [0.2, 0.25) is 5.91 Å². The molecule has 0 atom stereocenters. The van der Waals surface area contributed by atoms with Crippen molar-refractivity contribution in [2.45, 2.75) is 0 Å². The van der Waals surface area contributed by atoms with E-state index in [1.165, 1.54) is 4.90 Å². The van der Waals surface area contributed by atoms with Gasteiger partial charge in [0.25, 0.3) is 5.91 Å². The molecule has 0 unspecified atom stereocenters. The van der Waals surface area contributed by atoms with Gasteiger partial charge in [0, 0.05) is 10.4 Å². The van der Waals surface area contributed by atoms with Crippen LogP contribution in [0.25, 0.3) is 11.0 Å². The molecule has 6 heteroatoms. The average Bonchev–Trinajstić information content (AvgIpc) is 2.96. The lowest BCUT2D eigenvalue weighted by atomic mass is 10.2. The number of nitrogens with one attached hydrogen (secondary N) is 1. The second-order valence-electron chi connectivity index (χ2n) is 5.25. The Bertz CT molecular complexity index is 948. The molecule has 1 aliphatic rings. The van der Waals surface area contributed by atoms with Gasteiger partial charge < -0.3 is 9.73 Å². The normalized spacial score (nSPS) is 13.8. The van der Waals surface area contributed by atoms with Gasteiger partial charge in [-0.2, -0.15) is 0 Å². The molecule has 0 bridgehead atoms. The van der Waals surface area contributed by atoms with Gasteiger partial charge in [-0.1, -0.05) is 23.7 Å². The molecule has 23 heavy (non-hydrogen) atoms. The van der Waals surface area contributed by atoms with Crippen LogP contribution >= 0.6 is 11.6 Å². The molecule has 2 aromatic carbocycles. The minimum Gasteiger partial charge on any atom is -0.451 e. The summed E-state index contributed by atoms with van der Waals surface area (Å²) in [6, 6.07) is 13.9. The predicted molar refractivity (Wildman–Crippen MR) is 88.0 cm³/mol. The molecular formula is C17H11ClN2O3. The molecule has 114 valence electrons. The van der Waals surface area contributed by atoms with E-state index in [9.17, 15) is 9.59 Å². The number of furan rings is 1. The minimum atomic E-state index is -0.361. The van der Waals surface area contributed by atoms with Crippen LogP contribution in [0.3, 0.4) is 0 Å². The molecular weight excluding hydrogens is 316 g/mol. The van der Waals surface area contributed by atoms with Crippen molar-refractivity contribution in [3.8, 4) is 0 Å². The zero-order valence-corrected chi connectivity index (χ0v) is 12.6. The highest BCUT2D eigenvalue weighted by molar-refractivity contribution is 6.31. The van der Waals surface area contributed by atoms with Crippen molar-refractivity contribution >= 4 is 45.8 Å². The summed E-state index contributed by atoms with van der Waals surface area (Å²) in [6.07, 6.45) is 0. The molecule has 0 saturated heterocycles. The summed E-state index contributed by atoms with van der Waals surface area (Å²) in [4.78, 5) is 26.0. The fraction of sp³-hybridized carbons (Fsp3) is 0.0588. The highest BCUT2D eigenvalue weighted by atomic mass is 35.5. The zero-order valence-electron chi connectivity index (χ0n) is 11.9. The number of nitrogens with zero attached hydrogens (tertiary/aromatic N) is 1. The maximum Gasteiger partial charge on any atom is 0.294 e. The third-order valence-corrected chi connectivity index (χ3v) is 3.94. The van der Waals surface area contributed by atoms with Gasteiger partial charge in [-0.15, -0.1) is 0 Å². The number of para-hydroxylation sites is 2. The molecule has 1 aromatic heterocycles. The van der Waals surface area contributed by atoms with Crippen LogP contribution in [-0.4, -0.2) is 18.4 Å². The quantitative estimate of drug-likeness (QED) is 0.742. The van der Waals surface area contributed by atoms with E-state index in [0.717, 1.165) is 5.39 Å². The van der Waals surface area contributed by atoms with E-state index >= 15 is 0 Å². The fourth-order valence-electron chi connectivity index (χ4n) is 2.67. The van der Waals surface area contributed by atoms with Gasteiger partial charge in [-0.3, -0.25) is 14.5 Å².